The monoisotopic (exact) mass is 191 g/mol. The molecule has 1 heterocycles. The third kappa shape index (κ3) is 1.71. The number of hydrogen-bond donors (Lipinski definition) is 0. The molecule has 0 saturated carbocycles. The number of rotatable bonds is 1. The summed E-state index contributed by atoms with van der Waals surface area (Å²) in [4.78, 5) is 13.1. The summed E-state index contributed by atoms with van der Waals surface area (Å²) < 4.78 is 4.96. The molecule has 0 aliphatic carbocycles. The average Bonchev–Trinajstić information content (AvgIpc) is 2.20. The number of benzene rings is 1. The van der Waals surface area contributed by atoms with Crippen LogP contribution in [0.3, 0.4) is 0 Å². The van der Waals surface area contributed by atoms with Gasteiger partial charge in [-0.15, -0.1) is 0 Å². The molecule has 1 aliphatic rings. The van der Waals surface area contributed by atoms with Crippen LogP contribution in [0.1, 0.15) is 12.0 Å². The molecule has 3 heteroatoms. The van der Waals surface area contributed by atoms with Gasteiger partial charge >= 0.3 is 6.09 Å². The van der Waals surface area contributed by atoms with E-state index in [1.54, 1.807) is 4.90 Å². The highest BCUT2D eigenvalue weighted by Gasteiger charge is 2.20. The molecule has 0 atom stereocenters. The highest BCUT2D eigenvalue weighted by Crippen LogP contribution is 2.18. The van der Waals surface area contributed by atoms with E-state index in [-0.39, 0.29) is 6.09 Å². The Morgan fingerprint density at radius 1 is 1.29 bits per heavy atom. The number of cyclic esters (lactones) is 1. The maximum absolute atomic E-state index is 11.4. The summed E-state index contributed by atoms with van der Waals surface area (Å²) >= 11 is 0. The normalized spacial score (nSPS) is 16.6. The molecule has 1 fully saturated rings. The second kappa shape index (κ2) is 3.70. The zero-order valence-electron chi connectivity index (χ0n) is 8.19. The van der Waals surface area contributed by atoms with Crippen molar-refractivity contribution in [1.82, 2.24) is 0 Å². The van der Waals surface area contributed by atoms with Crippen LogP contribution >= 0.6 is 0 Å². The van der Waals surface area contributed by atoms with Crippen LogP contribution in [0.25, 0.3) is 0 Å². The first-order valence-electron chi connectivity index (χ1n) is 4.78. The lowest BCUT2D eigenvalue weighted by molar-refractivity contribution is 0.140. The number of nitrogens with zero attached hydrogens (tertiary/aromatic N) is 1. The standard InChI is InChI=1S/C11H13NO2/c1-9-3-5-10(6-4-9)12-7-2-8-14-11(12)13/h3-6H,2,7-8H2,1H3. The van der Waals surface area contributed by atoms with Crippen LogP contribution in [-0.4, -0.2) is 19.2 Å². The topological polar surface area (TPSA) is 29.5 Å². The number of aryl methyl sites for hydroxylation is 1. The molecule has 0 aromatic heterocycles. The molecule has 1 aliphatic heterocycles. The first kappa shape index (κ1) is 9.06. The summed E-state index contributed by atoms with van der Waals surface area (Å²) in [6.45, 7) is 3.32. The number of carbonyl (C=O) groups excluding carboxylic acids is 1. The number of anilines is 1. The summed E-state index contributed by atoms with van der Waals surface area (Å²) in [6, 6.07) is 7.89. The van der Waals surface area contributed by atoms with Gasteiger partial charge in [-0.05, 0) is 25.5 Å². The molecule has 2 rings (SSSR count). The molecule has 3 nitrogen and oxygen atoms in total. The van der Waals surface area contributed by atoms with Crippen molar-refractivity contribution in [2.75, 3.05) is 18.1 Å². The zero-order chi connectivity index (χ0) is 9.97. The van der Waals surface area contributed by atoms with Crippen molar-refractivity contribution in [1.29, 1.82) is 0 Å². The molecule has 74 valence electrons. The van der Waals surface area contributed by atoms with Crippen molar-refractivity contribution in [3.63, 3.8) is 0 Å². The molecule has 1 aromatic carbocycles. The Kier molecular flexibility index (Phi) is 2.39. The Hall–Kier alpha value is -1.51. The van der Waals surface area contributed by atoms with Crippen LogP contribution in [0.5, 0.6) is 0 Å². The van der Waals surface area contributed by atoms with Gasteiger partial charge in [0.1, 0.15) is 0 Å². The van der Waals surface area contributed by atoms with Crippen molar-refractivity contribution in [3.8, 4) is 0 Å². The van der Waals surface area contributed by atoms with Gasteiger partial charge in [0, 0.05) is 12.2 Å². The Bertz CT molecular complexity index is 332. The zero-order valence-corrected chi connectivity index (χ0v) is 8.19. The van der Waals surface area contributed by atoms with E-state index in [9.17, 15) is 4.79 Å². The second-order valence-corrected chi connectivity index (χ2v) is 3.46. The van der Waals surface area contributed by atoms with Gasteiger partial charge in [0.05, 0.1) is 6.61 Å². The smallest absolute Gasteiger partial charge is 0.414 e. The molecule has 0 bridgehead atoms. The van der Waals surface area contributed by atoms with Crippen molar-refractivity contribution in [2.24, 2.45) is 0 Å². The van der Waals surface area contributed by atoms with E-state index >= 15 is 0 Å². The molecule has 0 N–H and O–H groups in total. The highest BCUT2D eigenvalue weighted by atomic mass is 16.6. The predicted octanol–water partition coefficient (Wildman–Crippen LogP) is 2.34. The molecule has 1 amide bonds. The fourth-order valence-corrected chi connectivity index (χ4v) is 1.51. The van der Waals surface area contributed by atoms with E-state index < -0.39 is 0 Å². The van der Waals surface area contributed by atoms with Crippen molar-refractivity contribution in [3.05, 3.63) is 29.8 Å². The molecule has 0 radical (unpaired) electrons. The molecule has 14 heavy (non-hydrogen) atoms. The van der Waals surface area contributed by atoms with Gasteiger partial charge in [0.15, 0.2) is 0 Å². The SMILES string of the molecule is Cc1ccc(N2CCCOC2=O)cc1. The van der Waals surface area contributed by atoms with Crippen LogP contribution in [0.4, 0.5) is 10.5 Å². The van der Waals surface area contributed by atoms with Gasteiger partial charge in [-0.3, -0.25) is 4.90 Å². The molecule has 1 aromatic rings. The number of amides is 1. The van der Waals surface area contributed by atoms with Crippen LogP contribution in [0.2, 0.25) is 0 Å². The lowest BCUT2D eigenvalue weighted by atomic mass is 10.2. The van der Waals surface area contributed by atoms with E-state index in [1.165, 1.54) is 5.56 Å². The van der Waals surface area contributed by atoms with E-state index in [2.05, 4.69) is 0 Å². The van der Waals surface area contributed by atoms with Gasteiger partial charge in [-0.1, -0.05) is 17.7 Å². The van der Waals surface area contributed by atoms with Crippen LogP contribution in [0, 0.1) is 6.92 Å². The summed E-state index contributed by atoms with van der Waals surface area (Å²) in [6.07, 6.45) is 0.666. The first-order chi connectivity index (χ1) is 6.77. The molecular weight excluding hydrogens is 178 g/mol. The predicted molar refractivity (Wildman–Crippen MR) is 54.5 cm³/mol. The van der Waals surface area contributed by atoms with Crippen LogP contribution < -0.4 is 4.90 Å². The number of hydrogen-bond acceptors (Lipinski definition) is 2. The third-order valence-corrected chi connectivity index (χ3v) is 2.32. The van der Waals surface area contributed by atoms with Gasteiger partial charge in [0.2, 0.25) is 0 Å². The van der Waals surface area contributed by atoms with Crippen molar-refractivity contribution in [2.45, 2.75) is 13.3 Å². The Morgan fingerprint density at radius 3 is 2.64 bits per heavy atom. The van der Waals surface area contributed by atoms with E-state index in [0.29, 0.717) is 6.61 Å². The number of carbonyl (C=O) groups is 1. The largest absolute Gasteiger partial charge is 0.449 e. The fraction of sp³-hybridized carbons (Fsp3) is 0.364. The second-order valence-electron chi connectivity index (χ2n) is 3.46. The van der Waals surface area contributed by atoms with Gasteiger partial charge < -0.3 is 4.74 Å². The van der Waals surface area contributed by atoms with Crippen LogP contribution in [0.15, 0.2) is 24.3 Å². The molecule has 1 saturated heterocycles. The molecular formula is C11H13NO2. The Labute approximate surface area is 83.3 Å². The summed E-state index contributed by atoms with van der Waals surface area (Å²) in [5.41, 5.74) is 2.11. The van der Waals surface area contributed by atoms with Crippen LogP contribution in [-0.2, 0) is 4.74 Å². The molecule has 0 spiro atoms. The Balaban J connectivity index is 2.20. The minimum Gasteiger partial charge on any atom is -0.449 e. The molecule has 0 unspecified atom stereocenters. The minimum atomic E-state index is -0.236. The van der Waals surface area contributed by atoms with E-state index in [1.807, 2.05) is 31.2 Å². The highest BCUT2D eigenvalue weighted by molar-refractivity contribution is 5.88. The lowest BCUT2D eigenvalue weighted by Gasteiger charge is -2.26. The Morgan fingerprint density at radius 2 is 2.00 bits per heavy atom. The fourth-order valence-electron chi connectivity index (χ4n) is 1.51. The third-order valence-electron chi connectivity index (χ3n) is 2.32. The van der Waals surface area contributed by atoms with Gasteiger partial charge in [0.25, 0.3) is 0 Å². The maximum atomic E-state index is 11.4. The van der Waals surface area contributed by atoms with E-state index in [0.717, 1.165) is 18.7 Å². The average molecular weight is 191 g/mol. The summed E-state index contributed by atoms with van der Waals surface area (Å²) in [5.74, 6) is 0. The lowest BCUT2D eigenvalue weighted by Crippen LogP contribution is -2.37. The summed E-state index contributed by atoms with van der Waals surface area (Å²) in [7, 11) is 0. The van der Waals surface area contributed by atoms with Crippen molar-refractivity contribution >= 4 is 11.8 Å². The first-order valence-corrected chi connectivity index (χ1v) is 4.78. The van der Waals surface area contributed by atoms with E-state index in [4.69, 9.17) is 4.74 Å². The number of ether oxygens (including phenoxy) is 1. The quantitative estimate of drug-likeness (QED) is 0.681. The summed E-state index contributed by atoms with van der Waals surface area (Å²) in [5, 5.41) is 0. The van der Waals surface area contributed by atoms with Crippen molar-refractivity contribution < 1.29 is 9.53 Å². The minimum absolute atomic E-state index is 0.236. The van der Waals surface area contributed by atoms with Gasteiger partial charge in [-0.2, -0.15) is 0 Å². The maximum Gasteiger partial charge on any atom is 0.414 e. The van der Waals surface area contributed by atoms with Gasteiger partial charge in [-0.25, -0.2) is 4.79 Å².